The number of carbonyl (C=O) groups is 2. The Balaban J connectivity index is 1.38. The van der Waals surface area contributed by atoms with Crippen molar-refractivity contribution in [3.05, 3.63) is 65.7 Å². The van der Waals surface area contributed by atoms with Crippen LogP contribution in [0.5, 0.6) is 0 Å². The number of amides is 2. The van der Waals surface area contributed by atoms with Crippen LogP contribution in [0.4, 0.5) is 0 Å². The third-order valence-corrected chi connectivity index (χ3v) is 8.35. The Kier molecular flexibility index (Phi) is 6.20. The predicted molar refractivity (Wildman–Crippen MR) is 120 cm³/mol. The molecule has 0 bridgehead atoms. The molecule has 2 aromatic rings. The highest BCUT2D eigenvalue weighted by Crippen LogP contribution is 2.44. The molecule has 6 heteroatoms. The molecule has 0 saturated carbocycles. The summed E-state index contributed by atoms with van der Waals surface area (Å²) in [5.41, 5.74) is 1.82. The summed E-state index contributed by atoms with van der Waals surface area (Å²) < 4.78 is 0. The molecular weight excluding hydrogens is 400 g/mol. The topological polar surface area (TPSA) is 40.6 Å². The van der Waals surface area contributed by atoms with Gasteiger partial charge in [0.25, 0.3) is 5.91 Å². The van der Waals surface area contributed by atoms with E-state index >= 15 is 0 Å². The van der Waals surface area contributed by atoms with Crippen LogP contribution in [0.25, 0.3) is 0 Å². The van der Waals surface area contributed by atoms with E-state index in [1.165, 1.54) is 0 Å². The maximum absolute atomic E-state index is 13.2. The van der Waals surface area contributed by atoms with Crippen molar-refractivity contribution in [2.75, 3.05) is 31.1 Å². The van der Waals surface area contributed by atoms with Crippen molar-refractivity contribution in [1.29, 1.82) is 0 Å². The minimum atomic E-state index is -0.164. The van der Waals surface area contributed by atoms with Crippen molar-refractivity contribution in [3.63, 3.8) is 0 Å². The second-order valence-electron chi connectivity index (χ2n) is 7.55. The van der Waals surface area contributed by atoms with E-state index in [2.05, 4.69) is 4.90 Å². The van der Waals surface area contributed by atoms with Gasteiger partial charge in [-0.3, -0.25) is 9.59 Å². The van der Waals surface area contributed by atoms with Crippen LogP contribution in [0, 0.1) is 6.92 Å². The van der Waals surface area contributed by atoms with E-state index in [0.29, 0.717) is 5.75 Å². The van der Waals surface area contributed by atoms with Gasteiger partial charge in [-0.25, -0.2) is 0 Å². The number of hydrogen-bond acceptors (Lipinski definition) is 4. The molecule has 2 fully saturated rings. The average Bonchev–Trinajstić information content (AvgIpc) is 3.16. The number of piperidine rings is 1. The lowest BCUT2D eigenvalue weighted by Crippen LogP contribution is -2.54. The smallest absolute Gasteiger partial charge is 0.255 e. The molecule has 2 aromatic carbocycles. The lowest BCUT2D eigenvalue weighted by atomic mass is 10.00. The number of rotatable bonds is 4. The number of hydrogen-bond donors (Lipinski definition) is 0. The molecule has 2 aliphatic heterocycles. The highest BCUT2D eigenvalue weighted by atomic mass is 32.2. The second-order valence-corrected chi connectivity index (χ2v) is 10.1. The van der Waals surface area contributed by atoms with Crippen LogP contribution >= 0.6 is 23.5 Å². The number of likely N-dealkylation sites (tertiary alicyclic amines) is 1. The lowest BCUT2D eigenvalue weighted by molar-refractivity contribution is -0.129. The Morgan fingerprint density at radius 1 is 1.00 bits per heavy atom. The number of carbonyl (C=O) groups excluding carboxylic acids is 2. The first kappa shape index (κ1) is 20.4. The molecule has 0 atom stereocenters. The van der Waals surface area contributed by atoms with Crippen LogP contribution in [0.3, 0.4) is 0 Å². The number of benzene rings is 2. The van der Waals surface area contributed by atoms with Crippen LogP contribution in [-0.2, 0) is 4.79 Å². The van der Waals surface area contributed by atoms with Crippen molar-refractivity contribution in [3.8, 4) is 0 Å². The first-order valence-electron chi connectivity index (χ1n) is 10.1. The van der Waals surface area contributed by atoms with Gasteiger partial charge in [-0.05, 0) is 43.5 Å². The zero-order valence-electron chi connectivity index (χ0n) is 16.7. The maximum Gasteiger partial charge on any atom is 0.255 e. The van der Waals surface area contributed by atoms with Gasteiger partial charge in [0.15, 0.2) is 0 Å². The minimum absolute atomic E-state index is 0.132. The van der Waals surface area contributed by atoms with Gasteiger partial charge < -0.3 is 9.80 Å². The monoisotopic (exact) mass is 426 g/mol. The summed E-state index contributed by atoms with van der Waals surface area (Å²) in [5.74, 6) is 1.76. The quantitative estimate of drug-likeness (QED) is 0.684. The zero-order valence-corrected chi connectivity index (χ0v) is 18.3. The van der Waals surface area contributed by atoms with Crippen LogP contribution in [0.2, 0.25) is 0 Å². The maximum atomic E-state index is 13.2. The Morgan fingerprint density at radius 2 is 1.69 bits per heavy atom. The number of aryl methyl sites for hydroxylation is 1. The van der Waals surface area contributed by atoms with Gasteiger partial charge in [0, 0.05) is 35.8 Å². The Hall–Kier alpha value is -1.92. The molecular formula is C23H26N2O2S2. The average molecular weight is 427 g/mol. The van der Waals surface area contributed by atoms with Crippen molar-refractivity contribution in [2.45, 2.75) is 29.5 Å². The molecule has 2 heterocycles. The summed E-state index contributed by atoms with van der Waals surface area (Å²) in [6.45, 7) is 4.22. The van der Waals surface area contributed by atoms with Gasteiger partial charge in [-0.1, -0.05) is 36.4 Å². The first-order valence-corrected chi connectivity index (χ1v) is 12.0. The number of nitrogens with zero attached hydrogens (tertiary/aromatic N) is 2. The SMILES string of the molecule is Cc1ccccc1C(=O)N1CCSC12CCN(C(=O)CSc1ccccc1)CC2. The third kappa shape index (κ3) is 4.33. The summed E-state index contributed by atoms with van der Waals surface area (Å²) in [5, 5.41) is 0. The molecule has 2 amide bonds. The van der Waals surface area contributed by atoms with Crippen molar-refractivity contribution in [1.82, 2.24) is 9.80 Å². The van der Waals surface area contributed by atoms with Crippen molar-refractivity contribution < 1.29 is 9.59 Å². The molecule has 4 nitrogen and oxygen atoms in total. The normalized spacial score (nSPS) is 18.2. The standard InChI is InChI=1S/C23H26N2O2S2/c1-18-7-5-6-10-20(18)22(27)25-15-16-29-23(25)11-13-24(14-12-23)21(26)17-28-19-8-3-2-4-9-19/h2-10H,11-17H2,1H3. The Bertz CT molecular complexity index is 879. The fourth-order valence-corrected chi connectivity index (χ4v) is 6.40. The summed E-state index contributed by atoms with van der Waals surface area (Å²) >= 11 is 3.48. The van der Waals surface area contributed by atoms with Crippen LogP contribution in [-0.4, -0.2) is 57.6 Å². The van der Waals surface area contributed by atoms with E-state index in [9.17, 15) is 9.59 Å². The summed E-state index contributed by atoms with van der Waals surface area (Å²) in [7, 11) is 0. The van der Waals surface area contributed by atoms with E-state index in [0.717, 1.165) is 54.3 Å². The van der Waals surface area contributed by atoms with Crippen LogP contribution in [0.15, 0.2) is 59.5 Å². The highest BCUT2D eigenvalue weighted by molar-refractivity contribution is 8.01. The molecule has 0 N–H and O–H groups in total. The summed E-state index contributed by atoms with van der Waals surface area (Å²) in [6.07, 6.45) is 1.69. The van der Waals surface area contributed by atoms with Crippen LogP contribution < -0.4 is 0 Å². The molecule has 152 valence electrons. The number of thioether (sulfide) groups is 2. The molecule has 0 aromatic heterocycles. The molecule has 2 saturated heterocycles. The Labute approximate surface area is 181 Å². The van der Waals surface area contributed by atoms with E-state index < -0.39 is 0 Å². The molecule has 0 radical (unpaired) electrons. The molecule has 0 aliphatic carbocycles. The first-order chi connectivity index (χ1) is 14.1. The van der Waals surface area contributed by atoms with Gasteiger partial charge in [-0.2, -0.15) is 0 Å². The van der Waals surface area contributed by atoms with E-state index in [4.69, 9.17) is 0 Å². The van der Waals surface area contributed by atoms with Gasteiger partial charge >= 0.3 is 0 Å². The fraction of sp³-hybridized carbons (Fsp3) is 0.391. The van der Waals surface area contributed by atoms with E-state index in [-0.39, 0.29) is 16.7 Å². The van der Waals surface area contributed by atoms with Gasteiger partial charge in [0.05, 0.1) is 10.6 Å². The zero-order chi connectivity index (χ0) is 20.3. The summed E-state index contributed by atoms with van der Waals surface area (Å²) in [6, 6.07) is 17.9. The lowest BCUT2D eigenvalue weighted by Gasteiger charge is -2.44. The molecule has 2 aliphatic rings. The highest BCUT2D eigenvalue weighted by Gasteiger charge is 2.47. The van der Waals surface area contributed by atoms with Crippen molar-refractivity contribution >= 4 is 35.3 Å². The van der Waals surface area contributed by atoms with Gasteiger partial charge in [0.1, 0.15) is 0 Å². The summed E-state index contributed by atoms with van der Waals surface area (Å²) in [4.78, 5) is 30.9. The predicted octanol–water partition coefficient (Wildman–Crippen LogP) is 4.30. The molecule has 29 heavy (non-hydrogen) atoms. The van der Waals surface area contributed by atoms with Crippen molar-refractivity contribution in [2.24, 2.45) is 0 Å². The molecule has 1 spiro atoms. The second kappa shape index (κ2) is 8.84. The largest absolute Gasteiger partial charge is 0.342 e. The van der Waals surface area contributed by atoms with Gasteiger partial charge in [0.2, 0.25) is 5.91 Å². The van der Waals surface area contributed by atoms with E-state index in [1.54, 1.807) is 11.8 Å². The third-order valence-electron chi connectivity index (χ3n) is 5.80. The van der Waals surface area contributed by atoms with Gasteiger partial charge in [-0.15, -0.1) is 23.5 Å². The van der Waals surface area contributed by atoms with Crippen LogP contribution in [0.1, 0.15) is 28.8 Å². The molecule has 0 unspecified atom stereocenters. The Morgan fingerprint density at radius 3 is 2.41 bits per heavy atom. The fourth-order valence-electron chi connectivity index (χ4n) is 4.13. The molecule has 4 rings (SSSR count). The minimum Gasteiger partial charge on any atom is -0.342 e. The van der Waals surface area contributed by atoms with E-state index in [1.807, 2.05) is 78.2 Å².